The minimum absolute atomic E-state index is 0.0772. The van der Waals surface area contributed by atoms with Crippen molar-refractivity contribution in [2.75, 3.05) is 13.2 Å². The van der Waals surface area contributed by atoms with E-state index in [-0.39, 0.29) is 11.6 Å². The zero-order valence-electron chi connectivity index (χ0n) is 18.4. The highest BCUT2D eigenvalue weighted by molar-refractivity contribution is 9.10. The zero-order chi connectivity index (χ0) is 21.8. The third-order valence-electron chi connectivity index (χ3n) is 5.99. The van der Waals surface area contributed by atoms with Gasteiger partial charge in [-0.1, -0.05) is 70.5 Å². The van der Waals surface area contributed by atoms with Gasteiger partial charge < -0.3 is 15.2 Å². The van der Waals surface area contributed by atoms with Gasteiger partial charge in [-0.2, -0.15) is 0 Å². The first-order valence-electron chi connectivity index (χ1n) is 11.2. The standard InChI is InChI=1S/C27H32BrNO2/c1-27(2,16-19-7-8-20-5-3-4-6-23(20)15-19)29-17-25(30)18-31-26(21-9-10-21)22-11-13-24(28)14-12-22/h3-8,11-15,21,25-26,29-30H,9-10,16-18H2,1-2H3/t25-,26?/m1/s1. The molecule has 0 heterocycles. The van der Waals surface area contributed by atoms with Gasteiger partial charge in [-0.05, 0) is 73.1 Å². The first-order chi connectivity index (χ1) is 14.9. The summed E-state index contributed by atoms with van der Waals surface area (Å²) >= 11 is 3.49. The second-order valence-corrected chi connectivity index (χ2v) is 10.3. The third-order valence-corrected chi connectivity index (χ3v) is 6.52. The molecule has 0 spiro atoms. The number of ether oxygens (including phenoxy) is 1. The molecule has 4 rings (SSSR count). The van der Waals surface area contributed by atoms with E-state index in [1.165, 1.54) is 34.7 Å². The number of rotatable bonds is 10. The lowest BCUT2D eigenvalue weighted by molar-refractivity contribution is -0.0211. The van der Waals surface area contributed by atoms with Crippen LogP contribution >= 0.6 is 15.9 Å². The predicted octanol–water partition coefficient (Wildman–Crippen LogP) is 6.04. The number of aliphatic hydroxyl groups is 1. The smallest absolute Gasteiger partial charge is 0.0898 e. The lowest BCUT2D eigenvalue weighted by atomic mass is 9.93. The Balaban J connectivity index is 1.28. The molecule has 0 aliphatic heterocycles. The summed E-state index contributed by atoms with van der Waals surface area (Å²) in [6, 6.07) is 23.4. The molecular formula is C27H32BrNO2. The van der Waals surface area contributed by atoms with Crippen LogP contribution in [-0.2, 0) is 11.2 Å². The first kappa shape index (κ1) is 22.5. The Morgan fingerprint density at radius 2 is 1.74 bits per heavy atom. The van der Waals surface area contributed by atoms with Crippen molar-refractivity contribution in [3.63, 3.8) is 0 Å². The molecule has 3 nitrogen and oxygen atoms in total. The van der Waals surface area contributed by atoms with Crippen LogP contribution in [0.1, 0.15) is 43.9 Å². The normalized spacial score (nSPS) is 16.4. The molecular weight excluding hydrogens is 450 g/mol. The summed E-state index contributed by atoms with van der Waals surface area (Å²) in [5, 5.41) is 16.6. The quantitative estimate of drug-likeness (QED) is 0.370. The van der Waals surface area contributed by atoms with Crippen molar-refractivity contribution in [2.45, 2.75) is 50.9 Å². The SMILES string of the molecule is CC(C)(Cc1ccc2ccccc2c1)NC[C@@H](O)COC(c1ccc(Br)cc1)C1CC1. The van der Waals surface area contributed by atoms with Crippen molar-refractivity contribution in [1.29, 1.82) is 0 Å². The second kappa shape index (κ2) is 9.83. The average molecular weight is 482 g/mol. The van der Waals surface area contributed by atoms with Crippen molar-refractivity contribution >= 4 is 26.7 Å². The van der Waals surface area contributed by atoms with Crippen molar-refractivity contribution in [2.24, 2.45) is 5.92 Å². The van der Waals surface area contributed by atoms with Gasteiger partial charge in [0.25, 0.3) is 0 Å². The van der Waals surface area contributed by atoms with Gasteiger partial charge in [-0.15, -0.1) is 0 Å². The predicted molar refractivity (Wildman–Crippen MR) is 131 cm³/mol. The van der Waals surface area contributed by atoms with Crippen LogP contribution in [-0.4, -0.2) is 29.9 Å². The van der Waals surface area contributed by atoms with Crippen LogP contribution in [0.15, 0.2) is 71.2 Å². The van der Waals surface area contributed by atoms with Crippen LogP contribution in [0.3, 0.4) is 0 Å². The number of hydrogen-bond donors (Lipinski definition) is 2. The molecule has 0 saturated heterocycles. The summed E-state index contributed by atoms with van der Waals surface area (Å²) in [4.78, 5) is 0. The van der Waals surface area contributed by atoms with E-state index >= 15 is 0 Å². The van der Waals surface area contributed by atoms with Gasteiger partial charge in [0, 0.05) is 16.6 Å². The summed E-state index contributed by atoms with van der Waals surface area (Å²) in [6.45, 7) is 5.23. The Hall–Kier alpha value is -1.72. The van der Waals surface area contributed by atoms with Crippen molar-refractivity contribution in [3.05, 3.63) is 82.3 Å². The Bertz CT molecular complexity index is 998. The number of aliphatic hydroxyl groups excluding tert-OH is 1. The van der Waals surface area contributed by atoms with Gasteiger partial charge in [-0.3, -0.25) is 0 Å². The molecule has 1 aliphatic rings. The lowest BCUT2D eigenvalue weighted by Gasteiger charge is -2.29. The Morgan fingerprint density at radius 3 is 2.45 bits per heavy atom. The van der Waals surface area contributed by atoms with E-state index in [9.17, 15) is 5.11 Å². The molecule has 4 heteroatoms. The minimum Gasteiger partial charge on any atom is -0.389 e. The number of nitrogens with one attached hydrogen (secondary N) is 1. The largest absolute Gasteiger partial charge is 0.389 e. The van der Waals surface area contributed by atoms with Crippen molar-refractivity contribution < 1.29 is 9.84 Å². The minimum atomic E-state index is -0.535. The molecule has 164 valence electrons. The van der Waals surface area contributed by atoms with E-state index < -0.39 is 6.10 Å². The summed E-state index contributed by atoms with van der Waals surface area (Å²) in [5.41, 5.74) is 2.37. The maximum absolute atomic E-state index is 10.6. The summed E-state index contributed by atoms with van der Waals surface area (Å²) in [5.74, 6) is 0.575. The Morgan fingerprint density at radius 1 is 1.03 bits per heavy atom. The van der Waals surface area contributed by atoms with E-state index in [4.69, 9.17) is 4.74 Å². The fourth-order valence-corrected chi connectivity index (χ4v) is 4.41. The highest BCUT2D eigenvalue weighted by Crippen LogP contribution is 2.43. The molecule has 2 atom stereocenters. The highest BCUT2D eigenvalue weighted by atomic mass is 79.9. The van der Waals surface area contributed by atoms with Gasteiger partial charge in [0.05, 0.1) is 18.8 Å². The first-order valence-corrected chi connectivity index (χ1v) is 12.0. The third kappa shape index (κ3) is 6.39. The number of hydrogen-bond acceptors (Lipinski definition) is 3. The van der Waals surface area contributed by atoms with E-state index in [1.807, 2.05) is 0 Å². The number of halogens is 1. The van der Waals surface area contributed by atoms with E-state index in [2.05, 4.69) is 102 Å². The molecule has 1 saturated carbocycles. The maximum Gasteiger partial charge on any atom is 0.0898 e. The number of β-amino-alcohol motifs (C(OH)–C–C–N with tert-alkyl or cyclic N) is 1. The van der Waals surface area contributed by atoms with Gasteiger partial charge in [0.2, 0.25) is 0 Å². The van der Waals surface area contributed by atoms with Gasteiger partial charge in [0.1, 0.15) is 0 Å². The zero-order valence-corrected chi connectivity index (χ0v) is 19.9. The van der Waals surface area contributed by atoms with Crippen LogP contribution in [0.25, 0.3) is 10.8 Å². The average Bonchev–Trinajstić information content (AvgIpc) is 3.59. The number of fused-ring (bicyclic) bond motifs is 1. The van der Waals surface area contributed by atoms with Crippen LogP contribution < -0.4 is 5.32 Å². The molecule has 1 unspecified atom stereocenters. The van der Waals surface area contributed by atoms with E-state index in [1.54, 1.807) is 0 Å². The van der Waals surface area contributed by atoms with Crippen LogP contribution in [0.2, 0.25) is 0 Å². The number of benzene rings is 3. The van der Waals surface area contributed by atoms with E-state index in [0.717, 1.165) is 10.9 Å². The molecule has 0 bridgehead atoms. The van der Waals surface area contributed by atoms with Gasteiger partial charge in [0.15, 0.2) is 0 Å². The van der Waals surface area contributed by atoms with Crippen LogP contribution in [0.5, 0.6) is 0 Å². The summed E-state index contributed by atoms with van der Waals surface area (Å²) in [7, 11) is 0. The van der Waals surface area contributed by atoms with Gasteiger partial charge >= 0.3 is 0 Å². The Kier molecular flexibility index (Phi) is 7.12. The molecule has 0 aromatic heterocycles. The van der Waals surface area contributed by atoms with Gasteiger partial charge in [-0.25, -0.2) is 0 Å². The topological polar surface area (TPSA) is 41.5 Å². The fourth-order valence-electron chi connectivity index (χ4n) is 4.15. The summed E-state index contributed by atoms with van der Waals surface area (Å²) < 4.78 is 7.25. The van der Waals surface area contributed by atoms with Crippen LogP contribution in [0, 0.1) is 5.92 Å². The molecule has 1 fully saturated rings. The molecule has 2 N–H and O–H groups in total. The van der Waals surface area contributed by atoms with Crippen LogP contribution in [0.4, 0.5) is 0 Å². The molecule has 0 radical (unpaired) electrons. The molecule has 3 aromatic rings. The Labute approximate surface area is 194 Å². The summed E-state index contributed by atoms with van der Waals surface area (Å²) in [6.07, 6.45) is 2.84. The molecule has 3 aromatic carbocycles. The highest BCUT2D eigenvalue weighted by Gasteiger charge is 2.33. The molecule has 31 heavy (non-hydrogen) atoms. The van der Waals surface area contributed by atoms with Crippen molar-refractivity contribution in [3.8, 4) is 0 Å². The van der Waals surface area contributed by atoms with Crippen molar-refractivity contribution in [1.82, 2.24) is 5.32 Å². The molecule has 1 aliphatic carbocycles. The fraction of sp³-hybridized carbons (Fsp3) is 0.407. The monoisotopic (exact) mass is 481 g/mol. The van der Waals surface area contributed by atoms with E-state index in [0.29, 0.717) is 19.1 Å². The molecule has 0 amide bonds. The second-order valence-electron chi connectivity index (χ2n) is 9.42. The lowest BCUT2D eigenvalue weighted by Crippen LogP contribution is -2.46. The maximum atomic E-state index is 10.6.